The lowest BCUT2D eigenvalue weighted by molar-refractivity contribution is -0.160. The summed E-state index contributed by atoms with van der Waals surface area (Å²) in [5.41, 5.74) is 4.07. The van der Waals surface area contributed by atoms with Crippen molar-refractivity contribution in [1.29, 1.82) is 0 Å². The summed E-state index contributed by atoms with van der Waals surface area (Å²) in [6.07, 6.45) is -0.402. The van der Waals surface area contributed by atoms with Crippen molar-refractivity contribution in [3.05, 3.63) is 0 Å². The fraction of sp³-hybridized carbons (Fsp3) is 0.800. The minimum absolute atomic E-state index is 0.278. The molecule has 2 amide bonds. The van der Waals surface area contributed by atoms with Crippen molar-refractivity contribution < 1.29 is 28.7 Å². The number of hydrogen-bond acceptors (Lipinski definition) is 7. The van der Waals surface area contributed by atoms with Crippen LogP contribution < -0.4 is 16.4 Å². The number of nitrogens with two attached hydrogens (primary N) is 1. The molecule has 9 heteroatoms. The van der Waals surface area contributed by atoms with E-state index in [1.54, 1.807) is 55.4 Å². The van der Waals surface area contributed by atoms with Gasteiger partial charge >= 0.3 is 11.9 Å². The number of amides is 2. The highest BCUT2D eigenvalue weighted by atomic mass is 16.6. The van der Waals surface area contributed by atoms with Gasteiger partial charge in [0.1, 0.15) is 23.3 Å². The van der Waals surface area contributed by atoms with Gasteiger partial charge in [0.25, 0.3) is 0 Å². The average Bonchev–Trinajstić information content (AvgIpc) is 2.47. The molecule has 0 radical (unpaired) electrons. The lowest BCUT2D eigenvalue weighted by Gasteiger charge is -2.28. The fourth-order valence-corrected chi connectivity index (χ4v) is 2.18. The highest BCUT2D eigenvalue weighted by molar-refractivity contribution is 5.94. The van der Waals surface area contributed by atoms with Gasteiger partial charge in [0, 0.05) is 0 Å². The molecule has 0 heterocycles. The summed E-state index contributed by atoms with van der Waals surface area (Å²) in [6, 6.07) is -3.07. The van der Waals surface area contributed by atoms with Crippen molar-refractivity contribution in [2.75, 3.05) is 0 Å². The van der Waals surface area contributed by atoms with Crippen molar-refractivity contribution in [2.45, 2.75) is 98.1 Å². The molecule has 29 heavy (non-hydrogen) atoms. The predicted molar refractivity (Wildman–Crippen MR) is 109 cm³/mol. The second-order valence-corrected chi connectivity index (χ2v) is 9.40. The van der Waals surface area contributed by atoms with Crippen molar-refractivity contribution in [3.63, 3.8) is 0 Å². The molecule has 168 valence electrons. The molecule has 0 unspecified atom stereocenters. The van der Waals surface area contributed by atoms with E-state index in [1.165, 1.54) is 6.92 Å². The van der Waals surface area contributed by atoms with Gasteiger partial charge < -0.3 is 25.8 Å². The molecule has 0 spiro atoms. The monoisotopic (exact) mass is 415 g/mol. The van der Waals surface area contributed by atoms with Crippen molar-refractivity contribution in [1.82, 2.24) is 10.6 Å². The first-order valence-corrected chi connectivity index (χ1v) is 9.74. The summed E-state index contributed by atoms with van der Waals surface area (Å²) < 4.78 is 10.6. The van der Waals surface area contributed by atoms with Gasteiger partial charge in [-0.25, -0.2) is 4.79 Å². The van der Waals surface area contributed by atoms with Gasteiger partial charge in [-0.1, -0.05) is 13.8 Å². The Balaban J connectivity index is 5.45. The molecule has 0 aromatic rings. The standard InChI is InChI=1S/C20H37N3O6/c1-11(2)15(18(27)29-20(7,8)9)23-17(26)13(22-16(25)12(3)21)10-14(24)28-19(4,5)6/h11-13,15H,10,21H2,1-9H3,(H,22,25)(H,23,26)/t12-,13-,15-/m0/s1. The molecule has 0 fully saturated rings. The van der Waals surface area contributed by atoms with E-state index < -0.39 is 59.5 Å². The highest BCUT2D eigenvalue weighted by Gasteiger charge is 2.33. The number of carbonyl (C=O) groups excluding carboxylic acids is 4. The number of rotatable bonds is 8. The first kappa shape index (κ1) is 26.8. The SMILES string of the molecule is CC(C)[C@H](NC(=O)[C@H](CC(=O)OC(C)(C)C)NC(=O)[C@H](C)N)C(=O)OC(C)(C)C. The molecule has 9 nitrogen and oxygen atoms in total. The molecule has 0 aromatic carbocycles. The maximum atomic E-state index is 12.8. The maximum absolute atomic E-state index is 12.8. The molecule has 4 N–H and O–H groups in total. The van der Waals surface area contributed by atoms with E-state index in [9.17, 15) is 19.2 Å². The summed E-state index contributed by atoms with van der Waals surface area (Å²) in [6.45, 7) is 15.2. The Hall–Kier alpha value is -2.16. The third-order valence-electron chi connectivity index (χ3n) is 3.46. The molecule has 0 saturated heterocycles. The summed E-state index contributed by atoms with van der Waals surface area (Å²) in [4.78, 5) is 49.5. The van der Waals surface area contributed by atoms with Crippen LogP contribution in [0.1, 0.15) is 68.7 Å². The third-order valence-corrected chi connectivity index (χ3v) is 3.46. The van der Waals surface area contributed by atoms with Crippen LogP contribution in [0, 0.1) is 5.92 Å². The normalized spacial score (nSPS) is 15.1. The number of ether oxygens (including phenoxy) is 2. The Morgan fingerprint density at radius 3 is 1.69 bits per heavy atom. The summed E-state index contributed by atoms with van der Waals surface area (Å²) in [5, 5.41) is 5.01. The zero-order chi connectivity index (χ0) is 23.2. The highest BCUT2D eigenvalue weighted by Crippen LogP contribution is 2.14. The van der Waals surface area contributed by atoms with E-state index in [0.29, 0.717) is 0 Å². The van der Waals surface area contributed by atoms with Crippen LogP contribution in [0.15, 0.2) is 0 Å². The Kier molecular flexibility index (Phi) is 9.78. The van der Waals surface area contributed by atoms with Gasteiger partial charge in [0.05, 0.1) is 12.5 Å². The van der Waals surface area contributed by atoms with Crippen LogP contribution in [0.25, 0.3) is 0 Å². The van der Waals surface area contributed by atoms with Crippen molar-refractivity contribution >= 4 is 23.8 Å². The van der Waals surface area contributed by atoms with Crippen LogP contribution in [0.2, 0.25) is 0 Å². The molecule has 0 aliphatic rings. The molecule has 0 aliphatic carbocycles. The number of esters is 2. The van der Waals surface area contributed by atoms with Gasteiger partial charge in [-0.2, -0.15) is 0 Å². The van der Waals surface area contributed by atoms with E-state index in [0.717, 1.165) is 0 Å². The van der Waals surface area contributed by atoms with Gasteiger partial charge in [-0.15, -0.1) is 0 Å². The van der Waals surface area contributed by atoms with Crippen LogP contribution in [0.3, 0.4) is 0 Å². The third kappa shape index (κ3) is 11.4. The minimum atomic E-state index is -1.24. The number of hydrogen-bond donors (Lipinski definition) is 3. The maximum Gasteiger partial charge on any atom is 0.329 e. The summed E-state index contributed by atoms with van der Waals surface area (Å²) in [7, 11) is 0. The molecular weight excluding hydrogens is 378 g/mol. The molecular formula is C20H37N3O6. The van der Waals surface area contributed by atoms with E-state index >= 15 is 0 Å². The number of carbonyl (C=O) groups is 4. The lowest BCUT2D eigenvalue weighted by atomic mass is 10.0. The topological polar surface area (TPSA) is 137 Å². The zero-order valence-electron chi connectivity index (χ0n) is 19.0. The van der Waals surface area contributed by atoms with Crippen molar-refractivity contribution in [3.8, 4) is 0 Å². The van der Waals surface area contributed by atoms with Crippen LogP contribution >= 0.6 is 0 Å². The van der Waals surface area contributed by atoms with Gasteiger partial charge in [-0.3, -0.25) is 14.4 Å². The van der Waals surface area contributed by atoms with Crippen molar-refractivity contribution in [2.24, 2.45) is 11.7 Å². The molecule has 3 atom stereocenters. The fourth-order valence-electron chi connectivity index (χ4n) is 2.18. The summed E-state index contributed by atoms with van der Waals surface area (Å²) >= 11 is 0. The molecule has 0 aromatic heterocycles. The lowest BCUT2D eigenvalue weighted by Crippen LogP contribution is -2.56. The van der Waals surface area contributed by atoms with Gasteiger partial charge in [-0.05, 0) is 54.4 Å². The molecule has 0 saturated carbocycles. The van der Waals surface area contributed by atoms with Crippen LogP contribution in [0.5, 0.6) is 0 Å². The zero-order valence-corrected chi connectivity index (χ0v) is 19.0. The smallest absolute Gasteiger partial charge is 0.329 e. The minimum Gasteiger partial charge on any atom is -0.460 e. The Morgan fingerprint density at radius 2 is 1.31 bits per heavy atom. The Bertz CT molecular complexity index is 602. The summed E-state index contributed by atoms with van der Waals surface area (Å²) in [5.74, 6) is -2.85. The van der Waals surface area contributed by atoms with Crippen LogP contribution in [0.4, 0.5) is 0 Å². The molecule has 0 bridgehead atoms. The van der Waals surface area contributed by atoms with E-state index in [-0.39, 0.29) is 5.92 Å². The first-order valence-electron chi connectivity index (χ1n) is 9.74. The Labute approximate surface area is 173 Å². The van der Waals surface area contributed by atoms with Crippen LogP contribution in [-0.4, -0.2) is 53.1 Å². The first-order chi connectivity index (χ1) is 12.9. The van der Waals surface area contributed by atoms with Gasteiger partial charge in [0.15, 0.2) is 0 Å². The van der Waals surface area contributed by atoms with E-state index in [2.05, 4.69) is 10.6 Å². The largest absolute Gasteiger partial charge is 0.460 e. The van der Waals surface area contributed by atoms with Crippen LogP contribution in [-0.2, 0) is 28.7 Å². The molecule has 0 rings (SSSR count). The second-order valence-electron chi connectivity index (χ2n) is 9.40. The van der Waals surface area contributed by atoms with E-state index in [4.69, 9.17) is 15.2 Å². The quantitative estimate of drug-likeness (QED) is 0.504. The molecule has 0 aliphatic heterocycles. The van der Waals surface area contributed by atoms with Gasteiger partial charge in [0.2, 0.25) is 11.8 Å². The van der Waals surface area contributed by atoms with E-state index in [1.807, 2.05) is 0 Å². The Morgan fingerprint density at radius 1 is 0.828 bits per heavy atom. The average molecular weight is 416 g/mol. The second kappa shape index (κ2) is 10.6. The predicted octanol–water partition coefficient (Wildman–Crippen LogP) is 1.03. The number of nitrogens with one attached hydrogen (secondary N) is 2.